The molecule has 3 unspecified atom stereocenters. The zero-order valence-corrected chi connectivity index (χ0v) is 11.8. The van der Waals surface area contributed by atoms with Gasteiger partial charge in [-0.2, -0.15) is 5.26 Å². The van der Waals surface area contributed by atoms with Crippen LogP contribution in [0, 0.1) is 17.2 Å². The van der Waals surface area contributed by atoms with Gasteiger partial charge >= 0.3 is 0 Å². The molecule has 0 aliphatic carbocycles. The largest absolute Gasteiger partial charge is 0.305 e. The normalized spacial score (nSPS) is 29.2. The molecule has 0 saturated carbocycles. The molecule has 17 heavy (non-hydrogen) atoms. The molecule has 0 aromatic carbocycles. The number of hydrogen-bond donors (Lipinski definition) is 1. The maximum atomic E-state index is 9.27. The lowest BCUT2D eigenvalue weighted by Crippen LogP contribution is -2.50. The van der Waals surface area contributed by atoms with Crippen molar-refractivity contribution in [2.24, 2.45) is 5.92 Å². The Morgan fingerprint density at radius 3 is 2.53 bits per heavy atom. The molecule has 1 aliphatic heterocycles. The third-order valence-electron chi connectivity index (χ3n) is 3.67. The topological polar surface area (TPSA) is 42.3 Å². The molecule has 0 amide bonds. The molecule has 4 nitrogen and oxygen atoms in total. The first kappa shape index (κ1) is 14.4. The Morgan fingerprint density at radius 2 is 2.12 bits per heavy atom. The van der Waals surface area contributed by atoms with Crippen molar-refractivity contribution < 1.29 is 0 Å². The molecular formula is C13H26N4. The van der Waals surface area contributed by atoms with Gasteiger partial charge in [0.1, 0.15) is 5.54 Å². The first-order valence-corrected chi connectivity index (χ1v) is 6.47. The zero-order chi connectivity index (χ0) is 13.1. The van der Waals surface area contributed by atoms with E-state index in [9.17, 15) is 5.26 Å². The fourth-order valence-electron chi connectivity index (χ4n) is 2.82. The minimum Gasteiger partial charge on any atom is -0.305 e. The Labute approximate surface area is 106 Å². The summed E-state index contributed by atoms with van der Waals surface area (Å²) in [4.78, 5) is 4.70. The van der Waals surface area contributed by atoms with Crippen LogP contribution >= 0.6 is 0 Å². The van der Waals surface area contributed by atoms with Gasteiger partial charge in [-0.1, -0.05) is 13.8 Å². The van der Waals surface area contributed by atoms with Crippen LogP contribution in [0.25, 0.3) is 0 Å². The van der Waals surface area contributed by atoms with Crippen molar-refractivity contribution in [3.63, 3.8) is 0 Å². The molecule has 98 valence electrons. The third-order valence-corrected chi connectivity index (χ3v) is 3.67. The van der Waals surface area contributed by atoms with Crippen LogP contribution in [-0.2, 0) is 0 Å². The van der Waals surface area contributed by atoms with Gasteiger partial charge in [0.05, 0.1) is 6.07 Å². The zero-order valence-electron chi connectivity index (χ0n) is 11.8. The van der Waals surface area contributed by atoms with E-state index in [2.05, 4.69) is 42.2 Å². The van der Waals surface area contributed by atoms with Crippen LogP contribution in [0.4, 0.5) is 0 Å². The molecule has 3 atom stereocenters. The van der Waals surface area contributed by atoms with Crippen molar-refractivity contribution in [2.75, 3.05) is 40.3 Å². The van der Waals surface area contributed by atoms with Crippen LogP contribution in [0.3, 0.4) is 0 Å². The molecule has 0 bridgehead atoms. The lowest BCUT2D eigenvalue weighted by Gasteiger charge is -2.28. The number of rotatable bonds is 5. The second-order valence-electron chi connectivity index (χ2n) is 5.68. The average molecular weight is 238 g/mol. The summed E-state index contributed by atoms with van der Waals surface area (Å²) in [5.74, 6) is 0.676. The van der Waals surface area contributed by atoms with Gasteiger partial charge < -0.3 is 4.90 Å². The molecule has 1 aliphatic rings. The summed E-state index contributed by atoms with van der Waals surface area (Å²) in [5, 5.41) is 12.5. The fraction of sp³-hybridized carbons (Fsp3) is 0.923. The maximum Gasteiger partial charge on any atom is 0.116 e. The highest BCUT2D eigenvalue weighted by atomic mass is 15.3. The molecule has 4 heteroatoms. The smallest absolute Gasteiger partial charge is 0.116 e. The number of likely N-dealkylation sites (N-methyl/N-ethyl adjacent to an activating group) is 2. The van der Waals surface area contributed by atoms with Crippen molar-refractivity contribution >= 4 is 0 Å². The molecule has 1 N–H and O–H groups in total. The van der Waals surface area contributed by atoms with E-state index in [0.717, 1.165) is 26.2 Å². The molecule has 0 radical (unpaired) electrons. The molecule has 1 heterocycles. The minimum atomic E-state index is -0.421. The van der Waals surface area contributed by atoms with Crippen LogP contribution in [0.5, 0.6) is 0 Å². The Morgan fingerprint density at radius 1 is 1.47 bits per heavy atom. The summed E-state index contributed by atoms with van der Waals surface area (Å²) in [7, 11) is 4.27. The van der Waals surface area contributed by atoms with E-state index in [4.69, 9.17) is 0 Å². The first-order chi connectivity index (χ1) is 7.91. The van der Waals surface area contributed by atoms with E-state index in [1.165, 1.54) is 0 Å². The van der Waals surface area contributed by atoms with Crippen molar-refractivity contribution in [3.05, 3.63) is 0 Å². The third kappa shape index (κ3) is 3.67. The van der Waals surface area contributed by atoms with Gasteiger partial charge in [0.15, 0.2) is 0 Å². The predicted octanol–water partition coefficient (Wildman–Crippen LogP) is 0.760. The second kappa shape index (κ2) is 5.81. The Hall–Kier alpha value is -0.630. The highest BCUT2D eigenvalue weighted by Gasteiger charge is 2.35. The molecular weight excluding hydrogens is 212 g/mol. The second-order valence-corrected chi connectivity index (χ2v) is 5.68. The van der Waals surface area contributed by atoms with Crippen LogP contribution in [0.15, 0.2) is 0 Å². The molecule has 1 fully saturated rings. The van der Waals surface area contributed by atoms with E-state index >= 15 is 0 Å². The van der Waals surface area contributed by atoms with Gasteiger partial charge in [-0.25, -0.2) is 0 Å². The number of hydrogen-bond acceptors (Lipinski definition) is 4. The summed E-state index contributed by atoms with van der Waals surface area (Å²) >= 11 is 0. The Bertz CT molecular complexity index is 284. The molecule has 0 aromatic heterocycles. The van der Waals surface area contributed by atoms with Crippen LogP contribution < -0.4 is 5.32 Å². The Kier molecular flexibility index (Phi) is 4.93. The van der Waals surface area contributed by atoms with Crippen LogP contribution in [-0.4, -0.2) is 61.7 Å². The molecule has 0 spiro atoms. The lowest BCUT2D eigenvalue weighted by atomic mass is 10.0. The average Bonchev–Trinajstić information content (AvgIpc) is 2.59. The monoisotopic (exact) mass is 238 g/mol. The van der Waals surface area contributed by atoms with Crippen molar-refractivity contribution in [2.45, 2.75) is 32.4 Å². The summed E-state index contributed by atoms with van der Waals surface area (Å²) in [6, 6.07) is 3.01. The highest BCUT2D eigenvalue weighted by Crippen LogP contribution is 2.21. The Balaban J connectivity index is 2.57. The van der Waals surface area contributed by atoms with Gasteiger partial charge in [0.25, 0.3) is 0 Å². The van der Waals surface area contributed by atoms with E-state index in [1.54, 1.807) is 0 Å². The van der Waals surface area contributed by atoms with Gasteiger partial charge in [-0.3, -0.25) is 10.2 Å². The van der Waals surface area contributed by atoms with Gasteiger partial charge in [0, 0.05) is 25.7 Å². The number of nitrogens with one attached hydrogen (secondary N) is 1. The number of nitriles is 1. The van der Waals surface area contributed by atoms with Gasteiger partial charge in [0.2, 0.25) is 0 Å². The molecule has 1 rings (SSSR count). The highest BCUT2D eigenvalue weighted by molar-refractivity contribution is 5.06. The van der Waals surface area contributed by atoms with E-state index in [0.29, 0.717) is 12.0 Å². The minimum absolute atomic E-state index is 0.421. The van der Waals surface area contributed by atoms with Crippen molar-refractivity contribution in [1.82, 2.24) is 15.1 Å². The number of likely N-dealkylation sites (tertiary alicyclic amines) is 1. The first-order valence-electron chi connectivity index (χ1n) is 6.47. The van der Waals surface area contributed by atoms with Crippen molar-refractivity contribution in [3.8, 4) is 6.07 Å². The van der Waals surface area contributed by atoms with Crippen LogP contribution in [0.1, 0.15) is 20.8 Å². The van der Waals surface area contributed by atoms with Crippen LogP contribution in [0.2, 0.25) is 0 Å². The van der Waals surface area contributed by atoms with Gasteiger partial charge in [-0.05, 0) is 33.5 Å². The predicted molar refractivity (Wildman–Crippen MR) is 70.8 cm³/mol. The SMILES string of the molecule is CCNC(C)(C#N)CN1CC(C)C(N(C)C)C1. The lowest BCUT2D eigenvalue weighted by molar-refractivity contribution is 0.231. The standard InChI is InChI=1S/C13H26N4/c1-6-15-13(3,9-14)10-17-7-11(2)12(8-17)16(4)5/h11-12,15H,6-8,10H2,1-5H3. The van der Waals surface area contributed by atoms with E-state index in [-0.39, 0.29) is 0 Å². The number of nitrogens with zero attached hydrogens (tertiary/aromatic N) is 3. The summed E-state index contributed by atoms with van der Waals surface area (Å²) in [6.45, 7) is 10.1. The molecule has 1 saturated heterocycles. The summed E-state index contributed by atoms with van der Waals surface area (Å²) < 4.78 is 0. The fourth-order valence-corrected chi connectivity index (χ4v) is 2.82. The summed E-state index contributed by atoms with van der Waals surface area (Å²) in [5.41, 5.74) is -0.421. The van der Waals surface area contributed by atoms with E-state index < -0.39 is 5.54 Å². The van der Waals surface area contributed by atoms with Gasteiger partial charge in [-0.15, -0.1) is 0 Å². The molecule has 0 aromatic rings. The maximum absolute atomic E-state index is 9.27. The summed E-state index contributed by atoms with van der Waals surface area (Å²) in [6.07, 6.45) is 0. The van der Waals surface area contributed by atoms with Crippen molar-refractivity contribution in [1.29, 1.82) is 5.26 Å². The quantitative estimate of drug-likeness (QED) is 0.768. The van der Waals surface area contributed by atoms with E-state index in [1.807, 2.05) is 13.8 Å².